The Balaban J connectivity index is 1.71. The molecule has 0 aliphatic carbocycles. The molecule has 1 fully saturated rings. The molecule has 0 aromatic heterocycles. The van der Waals surface area contributed by atoms with Gasteiger partial charge < -0.3 is 15.0 Å². The minimum Gasteiger partial charge on any atom is -0.385 e. The Kier molecular flexibility index (Phi) is 9.17. The van der Waals surface area contributed by atoms with Crippen molar-refractivity contribution in [1.82, 2.24) is 0 Å². The predicted molar refractivity (Wildman–Crippen MR) is 110 cm³/mol. The van der Waals surface area contributed by atoms with E-state index in [1.807, 2.05) is 0 Å². The monoisotopic (exact) mass is 346 g/mol. The normalized spacial score (nSPS) is 14.8. The first-order valence-corrected chi connectivity index (χ1v) is 10.4. The quantitative estimate of drug-likeness (QED) is 0.521. The van der Waals surface area contributed by atoms with Crippen LogP contribution in [0.2, 0.25) is 0 Å². The average Bonchev–Trinajstić information content (AvgIpc) is 2.62. The fourth-order valence-corrected chi connectivity index (χ4v) is 3.70. The molecule has 1 aliphatic rings. The molecule has 2 rings (SSSR count). The molecule has 0 amide bonds. The Morgan fingerprint density at radius 2 is 1.44 bits per heavy atom. The number of benzene rings is 1. The maximum Gasteiger partial charge on any atom is 0.0642 e. The van der Waals surface area contributed by atoms with E-state index >= 15 is 0 Å². The lowest BCUT2D eigenvalue weighted by molar-refractivity contribution is 0.122. The predicted octanol–water partition coefficient (Wildman–Crippen LogP) is 5.69. The third-order valence-corrected chi connectivity index (χ3v) is 5.23. The highest BCUT2D eigenvalue weighted by Gasteiger charge is 2.13. The average molecular weight is 347 g/mol. The van der Waals surface area contributed by atoms with Crippen LogP contribution in [0.15, 0.2) is 12.1 Å². The van der Waals surface area contributed by atoms with Crippen LogP contribution in [0.3, 0.4) is 0 Å². The van der Waals surface area contributed by atoms with Crippen molar-refractivity contribution in [2.75, 3.05) is 43.1 Å². The van der Waals surface area contributed by atoms with Gasteiger partial charge in [0.2, 0.25) is 0 Å². The fourth-order valence-electron chi connectivity index (χ4n) is 3.70. The summed E-state index contributed by atoms with van der Waals surface area (Å²) in [6.45, 7) is 11.5. The Morgan fingerprint density at radius 3 is 2.04 bits per heavy atom. The minimum atomic E-state index is 0.844. The molecule has 0 spiro atoms. The zero-order valence-electron chi connectivity index (χ0n) is 16.7. The third-order valence-electron chi connectivity index (χ3n) is 5.23. The van der Waals surface area contributed by atoms with Crippen molar-refractivity contribution in [2.45, 2.75) is 72.1 Å². The van der Waals surface area contributed by atoms with Gasteiger partial charge in [-0.25, -0.2) is 0 Å². The molecule has 3 nitrogen and oxygen atoms in total. The van der Waals surface area contributed by atoms with Crippen LogP contribution >= 0.6 is 0 Å². The van der Waals surface area contributed by atoms with Crippen molar-refractivity contribution in [1.29, 1.82) is 0 Å². The molecule has 25 heavy (non-hydrogen) atoms. The van der Waals surface area contributed by atoms with Crippen molar-refractivity contribution in [3.8, 4) is 0 Å². The van der Waals surface area contributed by atoms with Gasteiger partial charge in [0.25, 0.3) is 0 Å². The molecule has 1 N–H and O–H groups in total. The van der Waals surface area contributed by atoms with Gasteiger partial charge in [0.15, 0.2) is 0 Å². The summed E-state index contributed by atoms with van der Waals surface area (Å²) in [7, 11) is 0. The van der Waals surface area contributed by atoms with Crippen LogP contribution in [0.5, 0.6) is 0 Å². The van der Waals surface area contributed by atoms with Gasteiger partial charge in [0, 0.05) is 31.0 Å². The minimum absolute atomic E-state index is 0.844. The maximum atomic E-state index is 5.46. The Bertz CT molecular complexity index is 472. The highest BCUT2D eigenvalue weighted by Crippen LogP contribution is 2.27. The van der Waals surface area contributed by atoms with Crippen molar-refractivity contribution in [3.05, 3.63) is 23.3 Å². The number of ether oxygens (including phenoxy) is 1. The molecule has 0 unspecified atom stereocenters. The van der Waals surface area contributed by atoms with E-state index in [0.29, 0.717) is 0 Å². The lowest BCUT2D eigenvalue weighted by Crippen LogP contribution is -2.36. The molecule has 1 saturated heterocycles. The summed E-state index contributed by atoms with van der Waals surface area (Å²) in [5, 5.41) is 3.68. The molecular formula is C22H38N2O. The van der Waals surface area contributed by atoms with Gasteiger partial charge in [0.05, 0.1) is 13.2 Å². The Morgan fingerprint density at radius 1 is 0.880 bits per heavy atom. The largest absolute Gasteiger partial charge is 0.385 e. The van der Waals surface area contributed by atoms with Crippen molar-refractivity contribution in [3.63, 3.8) is 0 Å². The highest BCUT2D eigenvalue weighted by atomic mass is 16.5. The first kappa shape index (κ1) is 20.1. The number of hydrogen-bond acceptors (Lipinski definition) is 3. The van der Waals surface area contributed by atoms with E-state index in [2.05, 4.69) is 43.1 Å². The molecule has 0 bridgehead atoms. The Hall–Kier alpha value is -1.22. The first-order valence-electron chi connectivity index (χ1n) is 10.4. The third kappa shape index (κ3) is 6.89. The number of aryl methyl sites for hydroxylation is 2. The number of unbranched alkanes of at least 4 members (excludes halogenated alkanes) is 7. The van der Waals surface area contributed by atoms with E-state index in [0.717, 1.165) is 32.8 Å². The van der Waals surface area contributed by atoms with Crippen molar-refractivity contribution in [2.24, 2.45) is 0 Å². The topological polar surface area (TPSA) is 24.5 Å². The fraction of sp³-hybridized carbons (Fsp3) is 0.727. The van der Waals surface area contributed by atoms with Gasteiger partial charge in [-0.05, 0) is 43.5 Å². The smallest absolute Gasteiger partial charge is 0.0642 e. The zero-order chi connectivity index (χ0) is 17.9. The molecule has 1 heterocycles. The van der Waals surface area contributed by atoms with Gasteiger partial charge in [-0.2, -0.15) is 0 Å². The van der Waals surface area contributed by atoms with Crippen LogP contribution in [-0.2, 0) is 4.74 Å². The second-order valence-electron chi connectivity index (χ2n) is 7.46. The zero-order valence-corrected chi connectivity index (χ0v) is 16.7. The summed E-state index contributed by atoms with van der Waals surface area (Å²) in [4.78, 5) is 2.44. The molecule has 3 heteroatoms. The van der Waals surface area contributed by atoms with E-state index in [4.69, 9.17) is 4.74 Å². The molecular weight excluding hydrogens is 308 g/mol. The van der Waals surface area contributed by atoms with Gasteiger partial charge in [-0.1, -0.05) is 51.9 Å². The van der Waals surface area contributed by atoms with E-state index < -0.39 is 0 Å². The summed E-state index contributed by atoms with van der Waals surface area (Å²) in [5.41, 5.74) is 5.40. The van der Waals surface area contributed by atoms with Crippen LogP contribution in [0, 0.1) is 13.8 Å². The summed E-state index contributed by atoms with van der Waals surface area (Å²) in [6.07, 6.45) is 11.0. The van der Waals surface area contributed by atoms with Gasteiger partial charge >= 0.3 is 0 Å². The van der Waals surface area contributed by atoms with E-state index in [9.17, 15) is 0 Å². The molecule has 1 aliphatic heterocycles. The summed E-state index contributed by atoms with van der Waals surface area (Å²) >= 11 is 0. The second kappa shape index (κ2) is 11.4. The molecule has 0 radical (unpaired) electrons. The van der Waals surface area contributed by atoms with Gasteiger partial charge in [-0.3, -0.25) is 0 Å². The number of morpholine rings is 1. The van der Waals surface area contributed by atoms with Crippen LogP contribution in [0.1, 0.15) is 69.4 Å². The standard InChI is InChI=1S/C22H38N2O/c1-4-5-6-7-8-9-10-11-12-23-22-19(2)17-21(18-20(22)3)24-13-15-25-16-14-24/h17-18,23H,4-16H2,1-3H3. The van der Waals surface area contributed by atoms with Crippen molar-refractivity contribution >= 4 is 11.4 Å². The molecule has 0 saturated carbocycles. The van der Waals surface area contributed by atoms with Crippen LogP contribution in [-0.4, -0.2) is 32.8 Å². The summed E-state index contributed by atoms with van der Waals surface area (Å²) < 4.78 is 5.46. The molecule has 0 atom stereocenters. The second-order valence-corrected chi connectivity index (χ2v) is 7.46. The lowest BCUT2D eigenvalue weighted by Gasteiger charge is -2.30. The number of nitrogens with one attached hydrogen (secondary N) is 1. The van der Waals surface area contributed by atoms with E-state index in [1.54, 1.807) is 0 Å². The van der Waals surface area contributed by atoms with Crippen LogP contribution in [0.4, 0.5) is 11.4 Å². The van der Waals surface area contributed by atoms with Gasteiger partial charge in [-0.15, -0.1) is 0 Å². The summed E-state index contributed by atoms with van der Waals surface area (Å²) in [5.74, 6) is 0. The lowest BCUT2D eigenvalue weighted by atomic mass is 10.1. The molecule has 142 valence electrons. The van der Waals surface area contributed by atoms with Crippen LogP contribution < -0.4 is 10.2 Å². The summed E-state index contributed by atoms with van der Waals surface area (Å²) in [6, 6.07) is 4.66. The van der Waals surface area contributed by atoms with E-state index in [1.165, 1.54) is 73.9 Å². The van der Waals surface area contributed by atoms with Gasteiger partial charge in [0.1, 0.15) is 0 Å². The number of rotatable bonds is 11. The molecule has 1 aromatic rings. The maximum absolute atomic E-state index is 5.46. The Labute approximate surface area is 155 Å². The number of nitrogens with zero attached hydrogens (tertiary/aromatic N) is 1. The first-order chi connectivity index (χ1) is 12.2. The van der Waals surface area contributed by atoms with Crippen LogP contribution in [0.25, 0.3) is 0 Å². The highest BCUT2D eigenvalue weighted by molar-refractivity contribution is 5.65. The number of hydrogen-bond donors (Lipinski definition) is 1. The molecule has 1 aromatic carbocycles. The van der Waals surface area contributed by atoms with E-state index in [-0.39, 0.29) is 0 Å². The number of anilines is 2. The van der Waals surface area contributed by atoms with Crippen molar-refractivity contribution < 1.29 is 4.74 Å². The SMILES string of the molecule is CCCCCCCCCCNc1c(C)cc(N2CCOCC2)cc1C.